The third-order valence-corrected chi connectivity index (χ3v) is 3.90. The number of nitrogens with zero attached hydrogens (tertiary/aromatic N) is 1. The Morgan fingerprint density at radius 1 is 1.29 bits per heavy atom. The molecule has 0 spiro atoms. The van der Waals surface area contributed by atoms with Gasteiger partial charge in [-0.2, -0.15) is 0 Å². The summed E-state index contributed by atoms with van der Waals surface area (Å²) in [6, 6.07) is 12.8. The lowest BCUT2D eigenvalue weighted by molar-refractivity contribution is -0.385. The summed E-state index contributed by atoms with van der Waals surface area (Å²) in [5, 5.41) is 14.8. The molecule has 0 aliphatic heterocycles. The van der Waals surface area contributed by atoms with Crippen molar-refractivity contribution in [2.24, 2.45) is 0 Å². The van der Waals surface area contributed by atoms with Gasteiger partial charge in [-0.25, -0.2) is 0 Å². The monoisotopic (exact) mass is 368 g/mol. The van der Waals surface area contributed by atoms with E-state index in [1.165, 1.54) is 11.6 Å². The Balaban J connectivity index is 2.02. The molecular formula is C15H14BrClN2O2. The standard InChI is InChI=1S/C15H14BrClN2O2/c1-10(8-11-2-4-12(17)5-3-11)18-13-6-7-15(19(20)21)14(16)9-13/h2-7,9-10,18H,8H2,1H3. The Morgan fingerprint density at radius 3 is 2.52 bits per heavy atom. The molecule has 0 aromatic heterocycles. The zero-order valence-electron chi connectivity index (χ0n) is 11.3. The first-order valence-corrected chi connectivity index (χ1v) is 7.57. The fourth-order valence-electron chi connectivity index (χ4n) is 2.05. The summed E-state index contributed by atoms with van der Waals surface area (Å²) in [5.74, 6) is 0. The molecule has 2 aromatic carbocycles. The molecule has 2 rings (SSSR count). The van der Waals surface area contributed by atoms with Crippen LogP contribution in [0.2, 0.25) is 5.02 Å². The van der Waals surface area contributed by atoms with Gasteiger partial charge < -0.3 is 5.32 Å². The maximum absolute atomic E-state index is 10.8. The van der Waals surface area contributed by atoms with Crippen LogP contribution in [-0.2, 0) is 6.42 Å². The Hall–Kier alpha value is -1.59. The largest absolute Gasteiger partial charge is 0.382 e. The lowest BCUT2D eigenvalue weighted by Crippen LogP contribution is -2.18. The first kappa shape index (κ1) is 15.8. The van der Waals surface area contributed by atoms with Crippen molar-refractivity contribution in [3.63, 3.8) is 0 Å². The lowest BCUT2D eigenvalue weighted by Gasteiger charge is -2.15. The topological polar surface area (TPSA) is 55.2 Å². The van der Waals surface area contributed by atoms with Crippen molar-refractivity contribution in [1.29, 1.82) is 0 Å². The van der Waals surface area contributed by atoms with Crippen LogP contribution in [0.4, 0.5) is 11.4 Å². The first-order valence-electron chi connectivity index (χ1n) is 6.40. The Bertz CT molecular complexity index is 647. The average molecular weight is 370 g/mol. The number of nitrogens with one attached hydrogen (secondary N) is 1. The molecule has 0 aliphatic rings. The number of halogens is 2. The van der Waals surface area contributed by atoms with Crippen LogP contribution in [0.15, 0.2) is 46.9 Å². The van der Waals surface area contributed by atoms with Crippen molar-refractivity contribution >= 4 is 38.9 Å². The number of rotatable bonds is 5. The summed E-state index contributed by atoms with van der Waals surface area (Å²) in [6.45, 7) is 2.06. The maximum atomic E-state index is 10.8. The number of hydrogen-bond donors (Lipinski definition) is 1. The van der Waals surface area contributed by atoms with Crippen LogP contribution < -0.4 is 5.32 Å². The number of nitro groups is 1. The Labute approximate surface area is 136 Å². The van der Waals surface area contributed by atoms with Crippen LogP contribution >= 0.6 is 27.5 Å². The molecule has 1 N–H and O–H groups in total. The summed E-state index contributed by atoms with van der Waals surface area (Å²) in [7, 11) is 0. The van der Waals surface area contributed by atoms with Gasteiger partial charge >= 0.3 is 0 Å². The summed E-state index contributed by atoms with van der Waals surface area (Å²) in [5.41, 5.74) is 2.08. The fourth-order valence-corrected chi connectivity index (χ4v) is 2.70. The minimum Gasteiger partial charge on any atom is -0.382 e. The third kappa shape index (κ3) is 4.44. The summed E-state index contributed by atoms with van der Waals surface area (Å²) in [4.78, 5) is 10.4. The highest BCUT2D eigenvalue weighted by molar-refractivity contribution is 9.10. The van der Waals surface area contributed by atoms with Crippen molar-refractivity contribution < 1.29 is 4.92 Å². The van der Waals surface area contributed by atoms with E-state index in [0.717, 1.165) is 17.1 Å². The summed E-state index contributed by atoms with van der Waals surface area (Å²) >= 11 is 9.08. The highest BCUT2D eigenvalue weighted by Crippen LogP contribution is 2.28. The van der Waals surface area contributed by atoms with Crippen LogP contribution in [0, 0.1) is 10.1 Å². The van der Waals surface area contributed by atoms with E-state index in [1.54, 1.807) is 12.1 Å². The number of benzene rings is 2. The van der Waals surface area contributed by atoms with Crippen molar-refractivity contribution in [1.82, 2.24) is 0 Å². The molecule has 0 amide bonds. The first-order chi connectivity index (χ1) is 9.95. The third-order valence-electron chi connectivity index (χ3n) is 3.01. The van der Waals surface area contributed by atoms with E-state index in [-0.39, 0.29) is 11.7 Å². The molecule has 21 heavy (non-hydrogen) atoms. The fraction of sp³-hybridized carbons (Fsp3) is 0.200. The highest BCUT2D eigenvalue weighted by atomic mass is 79.9. The van der Waals surface area contributed by atoms with Crippen LogP contribution in [0.1, 0.15) is 12.5 Å². The van der Waals surface area contributed by atoms with Crippen molar-refractivity contribution in [2.45, 2.75) is 19.4 Å². The molecule has 0 bridgehead atoms. The van der Waals surface area contributed by atoms with E-state index in [0.29, 0.717) is 4.47 Å². The van der Waals surface area contributed by atoms with Crippen molar-refractivity contribution in [2.75, 3.05) is 5.32 Å². The van der Waals surface area contributed by atoms with Crippen molar-refractivity contribution in [3.05, 3.63) is 67.6 Å². The number of anilines is 1. The van der Waals surface area contributed by atoms with Crippen LogP contribution in [0.3, 0.4) is 0 Å². The Morgan fingerprint density at radius 2 is 1.95 bits per heavy atom. The van der Waals surface area contributed by atoms with Gasteiger partial charge in [0, 0.05) is 22.8 Å². The van der Waals surface area contributed by atoms with E-state index >= 15 is 0 Å². The maximum Gasteiger partial charge on any atom is 0.283 e. The summed E-state index contributed by atoms with van der Waals surface area (Å²) < 4.78 is 0.469. The number of hydrogen-bond acceptors (Lipinski definition) is 3. The highest BCUT2D eigenvalue weighted by Gasteiger charge is 2.12. The molecule has 0 heterocycles. The van der Waals surface area contributed by atoms with Gasteiger partial charge in [0.2, 0.25) is 0 Å². The lowest BCUT2D eigenvalue weighted by atomic mass is 10.1. The molecular weight excluding hydrogens is 356 g/mol. The predicted molar refractivity (Wildman–Crippen MR) is 89.0 cm³/mol. The second-order valence-electron chi connectivity index (χ2n) is 4.80. The molecule has 0 saturated carbocycles. The van der Waals surface area contributed by atoms with Gasteiger partial charge in [0.1, 0.15) is 0 Å². The van der Waals surface area contributed by atoms with Gasteiger partial charge in [0.25, 0.3) is 5.69 Å². The van der Waals surface area contributed by atoms with E-state index < -0.39 is 4.92 Å². The van der Waals surface area contributed by atoms with Crippen LogP contribution in [-0.4, -0.2) is 11.0 Å². The SMILES string of the molecule is CC(Cc1ccc(Cl)cc1)Nc1ccc([N+](=O)[O-])c(Br)c1. The van der Waals surface area contributed by atoms with Gasteiger partial charge in [-0.1, -0.05) is 23.7 Å². The van der Waals surface area contributed by atoms with E-state index in [2.05, 4.69) is 28.2 Å². The van der Waals surface area contributed by atoms with Crippen LogP contribution in [0.5, 0.6) is 0 Å². The molecule has 1 unspecified atom stereocenters. The molecule has 1 atom stereocenters. The van der Waals surface area contributed by atoms with Gasteiger partial charge in [-0.3, -0.25) is 10.1 Å². The minimum absolute atomic E-state index is 0.0610. The molecule has 2 aromatic rings. The molecule has 0 fully saturated rings. The zero-order valence-corrected chi connectivity index (χ0v) is 13.7. The van der Waals surface area contributed by atoms with E-state index in [4.69, 9.17) is 11.6 Å². The van der Waals surface area contributed by atoms with Gasteiger partial charge in [0.15, 0.2) is 0 Å². The molecule has 6 heteroatoms. The minimum atomic E-state index is -0.412. The molecule has 4 nitrogen and oxygen atoms in total. The molecule has 0 saturated heterocycles. The second-order valence-corrected chi connectivity index (χ2v) is 6.09. The quantitative estimate of drug-likeness (QED) is 0.592. The second kappa shape index (κ2) is 6.91. The molecule has 0 aliphatic carbocycles. The van der Waals surface area contributed by atoms with Gasteiger partial charge in [-0.05, 0) is 59.1 Å². The predicted octanol–water partition coefficient (Wildman–Crippen LogP) is 5.05. The van der Waals surface area contributed by atoms with Crippen LogP contribution in [0.25, 0.3) is 0 Å². The smallest absolute Gasteiger partial charge is 0.283 e. The van der Waals surface area contributed by atoms with E-state index in [9.17, 15) is 10.1 Å². The molecule has 0 radical (unpaired) electrons. The molecule has 110 valence electrons. The average Bonchev–Trinajstić information content (AvgIpc) is 2.41. The zero-order chi connectivity index (χ0) is 15.4. The van der Waals surface area contributed by atoms with Gasteiger partial charge in [0.05, 0.1) is 9.40 Å². The normalized spacial score (nSPS) is 12.0. The Kier molecular flexibility index (Phi) is 5.20. The number of nitro benzene ring substituents is 1. The van der Waals surface area contributed by atoms with E-state index in [1.807, 2.05) is 24.3 Å². The summed E-state index contributed by atoms with van der Waals surface area (Å²) in [6.07, 6.45) is 0.839. The van der Waals surface area contributed by atoms with Gasteiger partial charge in [-0.15, -0.1) is 0 Å². The van der Waals surface area contributed by atoms with Crippen molar-refractivity contribution in [3.8, 4) is 0 Å².